The van der Waals surface area contributed by atoms with Crippen molar-refractivity contribution in [2.75, 3.05) is 12.9 Å². The minimum absolute atomic E-state index is 0.00830. The van der Waals surface area contributed by atoms with Gasteiger partial charge in [0, 0.05) is 18.6 Å². The van der Waals surface area contributed by atoms with Crippen molar-refractivity contribution in [1.29, 1.82) is 0 Å². The number of pyridine rings is 2. The Balaban J connectivity index is 2.30. The maximum atomic E-state index is 11.2. The third-order valence-corrected chi connectivity index (χ3v) is 3.44. The lowest BCUT2D eigenvalue weighted by atomic mass is 10.1. The molecule has 0 saturated carbocycles. The molecular weight excluding hydrogens is 276 g/mol. The van der Waals surface area contributed by atoms with E-state index in [1.54, 1.807) is 24.5 Å². The van der Waals surface area contributed by atoms with Crippen LogP contribution < -0.4 is 4.74 Å². The van der Waals surface area contributed by atoms with Crippen molar-refractivity contribution in [3.63, 3.8) is 0 Å². The third-order valence-electron chi connectivity index (χ3n) is 2.58. The van der Waals surface area contributed by atoms with Crippen LogP contribution in [0.5, 0.6) is 5.88 Å². The number of nitrogens with zero attached hydrogens (tertiary/aromatic N) is 2. The van der Waals surface area contributed by atoms with Crippen LogP contribution in [0.1, 0.15) is 12.5 Å². The fourth-order valence-corrected chi connectivity index (χ4v) is 2.59. The smallest absolute Gasteiger partial charge is 0.222 e. The van der Waals surface area contributed by atoms with Gasteiger partial charge in [-0.3, -0.25) is 4.98 Å². The van der Waals surface area contributed by atoms with Crippen molar-refractivity contribution in [1.82, 2.24) is 9.97 Å². The molecule has 0 amide bonds. The number of sulfone groups is 1. The van der Waals surface area contributed by atoms with E-state index in [-0.39, 0.29) is 5.75 Å². The van der Waals surface area contributed by atoms with Crippen LogP contribution in [0.25, 0.3) is 11.3 Å². The molecule has 6 heteroatoms. The number of rotatable bonds is 5. The van der Waals surface area contributed by atoms with Gasteiger partial charge >= 0.3 is 0 Å². The highest BCUT2D eigenvalue weighted by Crippen LogP contribution is 2.26. The zero-order valence-corrected chi connectivity index (χ0v) is 12.2. The van der Waals surface area contributed by atoms with Crippen molar-refractivity contribution in [3.05, 3.63) is 42.2 Å². The highest BCUT2D eigenvalue weighted by molar-refractivity contribution is 7.89. The summed E-state index contributed by atoms with van der Waals surface area (Å²) in [4.78, 5) is 8.46. The predicted octanol–water partition coefficient (Wildman–Crippen LogP) is 2.09. The quantitative estimate of drug-likeness (QED) is 0.844. The Bertz CT molecular complexity index is 682. The van der Waals surface area contributed by atoms with Gasteiger partial charge in [-0.1, -0.05) is 6.07 Å². The lowest BCUT2D eigenvalue weighted by Gasteiger charge is -2.08. The van der Waals surface area contributed by atoms with Crippen LogP contribution in [0.2, 0.25) is 0 Å². The van der Waals surface area contributed by atoms with Crippen LogP contribution in [0.15, 0.2) is 36.7 Å². The number of hydrogen-bond acceptors (Lipinski definition) is 5. The maximum Gasteiger partial charge on any atom is 0.222 e. The largest absolute Gasteiger partial charge is 0.477 e. The molecule has 2 aromatic rings. The Morgan fingerprint density at radius 3 is 2.60 bits per heavy atom. The second kappa shape index (κ2) is 6.00. The number of hydrogen-bond donors (Lipinski definition) is 0. The van der Waals surface area contributed by atoms with Crippen LogP contribution in [-0.4, -0.2) is 31.2 Å². The molecule has 0 aromatic carbocycles. The van der Waals surface area contributed by atoms with Gasteiger partial charge in [-0.2, -0.15) is 0 Å². The molecule has 0 radical (unpaired) electrons. The van der Waals surface area contributed by atoms with E-state index in [2.05, 4.69) is 9.97 Å². The Morgan fingerprint density at radius 2 is 2.00 bits per heavy atom. The normalized spacial score (nSPS) is 11.3. The topological polar surface area (TPSA) is 69.2 Å². The first-order valence-corrected chi connectivity index (χ1v) is 8.26. The van der Waals surface area contributed by atoms with E-state index in [0.29, 0.717) is 23.7 Å². The Labute approximate surface area is 118 Å². The van der Waals surface area contributed by atoms with E-state index in [1.165, 1.54) is 6.26 Å². The molecule has 0 aliphatic heterocycles. The first kappa shape index (κ1) is 14.5. The van der Waals surface area contributed by atoms with Gasteiger partial charge in [-0.15, -0.1) is 0 Å². The van der Waals surface area contributed by atoms with Crippen LogP contribution >= 0.6 is 0 Å². The van der Waals surface area contributed by atoms with Gasteiger partial charge in [-0.25, -0.2) is 13.4 Å². The zero-order chi connectivity index (χ0) is 14.6. The molecule has 0 aliphatic rings. The minimum atomic E-state index is -3.05. The molecule has 0 aliphatic carbocycles. The zero-order valence-electron chi connectivity index (χ0n) is 11.4. The second-order valence-electron chi connectivity index (χ2n) is 4.41. The lowest BCUT2D eigenvalue weighted by Crippen LogP contribution is -2.01. The van der Waals surface area contributed by atoms with Gasteiger partial charge in [0.1, 0.15) is 0 Å². The SMILES string of the molecule is CCOc1ncccc1-c1ccc(CS(C)(=O)=O)cn1. The molecule has 5 nitrogen and oxygen atoms in total. The van der Waals surface area contributed by atoms with E-state index in [9.17, 15) is 8.42 Å². The molecular formula is C14H16N2O3S. The average molecular weight is 292 g/mol. The molecule has 0 unspecified atom stereocenters. The summed E-state index contributed by atoms with van der Waals surface area (Å²) in [6, 6.07) is 7.21. The Morgan fingerprint density at radius 1 is 1.20 bits per heavy atom. The molecule has 0 spiro atoms. The molecule has 2 rings (SSSR count). The number of aromatic nitrogens is 2. The second-order valence-corrected chi connectivity index (χ2v) is 6.55. The van der Waals surface area contributed by atoms with Gasteiger partial charge < -0.3 is 4.74 Å². The average Bonchev–Trinajstić information content (AvgIpc) is 2.39. The molecule has 0 atom stereocenters. The molecule has 20 heavy (non-hydrogen) atoms. The van der Waals surface area contributed by atoms with E-state index in [0.717, 1.165) is 5.56 Å². The lowest BCUT2D eigenvalue weighted by molar-refractivity contribution is 0.328. The van der Waals surface area contributed by atoms with Crippen molar-refractivity contribution in [3.8, 4) is 17.1 Å². The fraction of sp³-hybridized carbons (Fsp3) is 0.286. The van der Waals surface area contributed by atoms with Crippen molar-refractivity contribution in [2.24, 2.45) is 0 Å². The maximum absolute atomic E-state index is 11.2. The molecule has 0 bridgehead atoms. The predicted molar refractivity (Wildman–Crippen MR) is 77.2 cm³/mol. The van der Waals surface area contributed by atoms with Crippen LogP contribution in [-0.2, 0) is 15.6 Å². The summed E-state index contributed by atoms with van der Waals surface area (Å²) in [5.41, 5.74) is 2.16. The van der Waals surface area contributed by atoms with E-state index in [1.807, 2.05) is 19.1 Å². The van der Waals surface area contributed by atoms with Crippen molar-refractivity contribution in [2.45, 2.75) is 12.7 Å². The molecule has 2 aromatic heterocycles. The summed E-state index contributed by atoms with van der Waals surface area (Å²) in [6.45, 7) is 2.41. The first-order valence-electron chi connectivity index (χ1n) is 6.20. The number of ether oxygens (including phenoxy) is 1. The standard InChI is InChI=1S/C14H16N2O3S/c1-3-19-14-12(5-4-8-15-14)13-7-6-11(9-16-13)10-20(2,17)18/h4-9H,3,10H2,1-2H3. The monoisotopic (exact) mass is 292 g/mol. The van der Waals surface area contributed by atoms with Gasteiger partial charge in [-0.05, 0) is 30.7 Å². The van der Waals surface area contributed by atoms with Crippen LogP contribution in [0.3, 0.4) is 0 Å². The Hall–Kier alpha value is -1.95. The summed E-state index contributed by atoms with van der Waals surface area (Å²) < 4.78 is 27.9. The summed E-state index contributed by atoms with van der Waals surface area (Å²) >= 11 is 0. The highest BCUT2D eigenvalue weighted by Gasteiger charge is 2.09. The van der Waals surface area contributed by atoms with E-state index in [4.69, 9.17) is 4.74 Å². The summed E-state index contributed by atoms with van der Waals surface area (Å²) in [6.07, 6.45) is 4.43. The Kier molecular flexibility index (Phi) is 4.34. The van der Waals surface area contributed by atoms with Crippen LogP contribution in [0.4, 0.5) is 0 Å². The molecule has 0 saturated heterocycles. The molecule has 2 heterocycles. The summed E-state index contributed by atoms with van der Waals surface area (Å²) in [5, 5.41) is 0. The van der Waals surface area contributed by atoms with Crippen LogP contribution in [0, 0.1) is 0 Å². The van der Waals surface area contributed by atoms with Gasteiger partial charge in [0.05, 0.1) is 23.6 Å². The summed E-state index contributed by atoms with van der Waals surface area (Å²) in [7, 11) is -3.05. The van der Waals surface area contributed by atoms with Gasteiger partial charge in [0.25, 0.3) is 0 Å². The fourth-order valence-electron chi connectivity index (χ4n) is 1.81. The highest BCUT2D eigenvalue weighted by atomic mass is 32.2. The molecule has 106 valence electrons. The first-order chi connectivity index (χ1) is 9.49. The molecule has 0 N–H and O–H groups in total. The minimum Gasteiger partial charge on any atom is -0.477 e. The van der Waals surface area contributed by atoms with Gasteiger partial charge in [0.2, 0.25) is 5.88 Å². The third kappa shape index (κ3) is 3.77. The van der Waals surface area contributed by atoms with Gasteiger partial charge in [0.15, 0.2) is 9.84 Å². The van der Waals surface area contributed by atoms with Crippen molar-refractivity contribution >= 4 is 9.84 Å². The summed E-state index contributed by atoms with van der Waals surface area (Å²) in [5.74, 6) is 0.518. The molecule has 0 fully saturated rings. The van der Waals surface area contributed by atoms with E-state index >= 15 is 0 Å². The van der Waals surface area contributed by atoms with E-state index < -0.39 is 9.84 Å². The van der Waals surface area contributed by atoms with Crippen molar-refractivity contribution < 1.29 is 13.2 Å².